The van der Waals surface area contributed by atoms with Gasteiger partial charge in [0.25, 0.3) is 5.69 Å². The molecule has 0 saturated heterocycles. The average Bonchev–Trinajstić information content (AvgIpc) is 2.65. The van der Waals surface area contributed by atoms with Crippen molar-refractivity contribution < 1.29 is 24.3 Å². The van der Waals surface area contributed by atoms with Crippen LogP contribution in [0.4, 0.5) is 5.69 Å². The third kappa shape index (κ3) is 4.49. The zero-order valence-corrected chi connectivity index (χ0v) is 14.4. The highest BCUT2D eigenvalue weighted by Gasteiger charge is 2.31. The van der Waals surface area contributed by atoms with Crippen LogP contribution in [0.5, 0.6) is 5.75 Å². The van der Waals surface area contributed by atoms with Crippen LogP contribution in [0.3, 0.4) is 0 Å². The van der Waals surface area contributed by atoms with Gasteiger partial charge in [0.2, 0.25) is 0 Å². The molecule has 0 spiro atoms. The molecule has 0 aliphatic heterocycles. The van der Waals surface area contributed by atoms with E-state index < -0.39 is 22.2 Å². The molecule has 0 radical (unpaired) electrons. The Morgan fingerprint density at radius 1 is 1.16 bits per heavy atom. The Bertz CT molecular complexity index is 749. The molecule has 0 aromatic heterocycles. The number of para-hydroxylation sites is 1. The van der Waals surface area contributed by atoms with Crippen molar-refractivity contribution in [2.75, 3.05) is 14.2 Å². The van der Waals surface area contributed by atoms with Crippen molar-refractivity contribution in [3.63, 3.8) is 0 Å². The Morgan fingerprint density at radius 2 is 1.80 bits per heavy atom. The summed E-state index contributed by atoms with van der Waals surface area (Å²) in [5.74, 6) is -0.197. The van der Waals surface area contributed by atoms with Gasteiger partial charge >= 0.3 is 5.97 Å². The molecule has 2 rings (SSSR count). The fourth-order valence-corrected chi connectivity index (χ4v) is 3.42. The minimum atomic E-state index is -1.48. The molecule has 132 valence electrons. The van der Waals surface area contributed by atoms with Gasteiger partial charge in [0.15, 0.2) is 6.10 Å². The van der Waals surface area contributed by atoms with Crippen LogP contribution >= 0.6 is 11.8 Å². The summed E-state index contributed by atoms with van der Waals surface area (Å²) < 4.78 is 9.71. The van der Waals surface area contributed by atoms with Gasteiger partial charge in [0.1, 0.15) is 5.75 Å². The van der Waals surface area contributed by atoms with Gasteiger partial charge in [-0.05, 0) is 23.8 Å². The maximum atomic E-state index is 11.8. The van der Waals surface area contributed by atoms with Gasteiger partial charge in [-0.2, -0.15) is 0 Å². The second-order valence-electron chi connectivity index (χ2n) is 5.00. The molecule has 0 amide bonds. The van der Waals surface area contributed by atoms with E-state index in [4.69, 9.17) is 4.74 Å². The van der Waals surface area contributed by atoms with Gasteiger partial charge in [-0.15, -0.1) is 11.8 Å². The van der Waals surface area contributed by atoms with Crippen molar-refractivity contribution in [1.29, 1.82) is 0 Å². The molecule has 0 heterocycles. The first-order chi connectivity index (χ1) is 12.0. The topological polar surface area (TPSA) is 98.9 Å². The summed E-state index contributed by atoms with van der Waals surface area (Å²) in [6.45, 7) is 0. The van der Waals surface area contributed by atoms with Crippen LogP contribution in [0.1, 0.15) is 10.8 Å². The first-order valence-electron chi connectivity index (χ1n) is 7.28. The summed E-state index contributed by atoms with van der Waals surface area (Å²) in [7, 11) is 2.70. The van der Waals surface area contributed by atoms with Crippen LogP contribution < -0.4 is 4.74 Å². The number of benzene rings is 2. The fourth-order valence-electron chi connectivity index (χ4n) is 2.20. The van der Waals surface area contributed by atoms with Crippen LogP contribution in [0.25, 0.3) is 0 Å². The number of methoxy groups -OCH3 is 2. The number of thioether (sulfide) groups is 1. The molecule has 7 nitrogen and oxygen atoms in total. The number of hydrogen-bond donors (Lipinski definition) is 1. The predicted octanol–water partition coefficient (Wildman–Crippen LogP) is 2.97. The Labute approximate surface area is 148 Å². The highest BCUT2D eigenvalue weighted by Crippen LogP contribution is 2.42. The van der Waals surface area contributed by atoms with Crippen LogP contribution in [-0.2, 0) is 9.53 Å². The summed E-state index contributed by atoms with van der Waals surface area (Å²) in [6.07, 6.45) is -1.48. The average molecular weight is 363 g/mol. The number of rotatable bonds is 7. The summed E-state index contributed by atoms with van der Waals surface area (Å²) in [6, 6.07) is 12.9. The lowest BCUT2D eigenvalue weighted by molar-refractivity contribution is -0.387. The monoisotopic (exact) mass is 363 g/mol. The number of aliphatic hydroxyl groups is 1. The van der Waals surface area contributed by atoms with E-state index in [1.165, 1.54) is 20.3 Å². The lowest BCUT2D eigenvalue weighted by Crippen LogP contribution is -2.27. The second-order valence-corrected chi connectivity index (χ2v) is 6.19. The number of esters is 1. The maximum Gasteiger partial charge on any atom is 0.336 e. The standard InChI is InChI=1S/C17H17NO6S/c1-23-12-9-7-11(8-10-12)16(15(19)17(20)24-2)25-14-6-4-3-5-13(14)18(21)22/h3-10,15-16,19H,1-2H3/t15-,16-/m1/s1. The van der Waals surface area contributed by atoms with Crippen molar-refractivity contribution in [2.24, 2.45) is 0 Å². The number of carbonyl (C=O) groups excluding carboxylic acids is 1. The largest absolute Gasteiger partial charge is 0.497 e. The van der Waals surface area contributed by atoms with E-state index >= 15 is 0 Å². The normalized spacial score (nSPS) is 12.9. The molecule has 0 fully saturated rings. The number of nitro benzene ring substituents is 1. The lowest BCUT2D eigenvalue weighted by atomic mass is 10.1. The Kier molecular flexibility index (Phi) is 6.37. The van der Waals surface area contributed by atoms with E-state index in [2.05, 4.69) is 4.74 Å². The second kappa shape index (κ2) is 8.50. The molecule has 2 atom stereocenters. The molecule has 0 unspecified atom stereocenters. The molecule has 2 aromatic carbocycles. The molecule has 0 bridgehead atoms. The number of carbonyl (C=O) groups is 1. The molecule has 1 N–H and O–H groups in total. The van der Waals surface area contributed by atoms with E-state index in [1.807, 2.05) is 0 Å². The van der Waals surface area contributed by atoms with Crippen molar-refractivity contribution in [2.45, 2.75) is 16.2 Å². The van der Waals surface area contributed by atoms with E-state index in [0.29, 0.717) is 16.2 Å². The third-order valence-corrected chi connectivity index (χ3v) is 4.87. The van der Waals surface area contributed by atoms with E-state index in [0.717, 1.165) is 11.8 Å². The quantitative estimate of drug-likeness (QED) is 0.349. The maximum absolute atomic E-state index is 11.8. The van der Waals surface area contributed by atoms with Crippen LogP contribution in [0, 0.1) is 10.1 Å². The number of ether oxygens (including phenoxy) is 2. The highest BCUT2D eigenvalue weighted by molar-refractivity contribution is 7.99. The zero-order valence-electron chi connectivity index (χ0n) is 13.6. The Hall–Kier alpha value is -2.58. The van der Waals surface area contributed by atoms with Crippen LogP contribution in [0.15, 0.2) is 53.4 Å². The van der Waals surface area contributed by atoms with E-state index in [-0.39, 0.29) is 5.69 Å². The number of nitrogens with zero attached hydrogens (tertiary/aromatic N) is 1. The fraction of sp³-hybridized carbons (Fsp3) is 0.235. The van der Waals surface area contributed by atoms with Crippen molar-refractivity contribution >= 4 is 23.4 Å². The number of hydrogen-bond acceptors (Lipinski definition) is 7. The van der Waals surface area contributed by atoms with Crippen molar-refractivity contribution in [3.8, 4) is 5.75 Å². The third-order valence-electron chi connectivity index (χ3n) is 3.49. The summed E-state index contributed by atoms with van der Waals surface area (Å²) in [4.78, 5) is 22.9. The molecular formula is C17H17NO6S. The summed E-state index contributed by atoms with van der Waals surface area (Å²) >= 11 is 1.03. The Morgan fingerprint density at radius 3 is 2.36 bits per heavy atom. The lowest BCUT2D eigenvalue weighted by Gasteiger charge is -2.21. The molecule has 8 heteroatoms. The predicted molar refractivity (Wildman–Crippen MR) is 92.7 cm³/mol. The Balaban J connectivity index is 2.41. The van der Waals surface area contributed by atoms with Crippen molar-refractivity contribution in [3.05, 3.63) is 64.2 Å². The van der Waals surface area contributed by atoms with Gasteiger partial charge in [-0.25, -0.2) is 4.79 Å². The van der Waals surface area contributed by atoms with Crippen molar-refractivity contribution in [1.82, 2.24) is 0 Å². The van der Waals surface area contributed by atoms with Crippen LogP contribution in [-0.4, -0.2) is 36.3 Å². The highest BCUT2D eigenvalue weighted by atomic mass is 32.2. The minimum Gasteiger partial charge on any atom is -0.497 e. The molecule has 0 aliphatic carbocycles. The first kappa shape index (κ1) is 18.8. The van der Waals surface area contributed by atoms with Gasteiger partial charge in [-0.1, -0.05) is 24.3 Å². The number of aliphatic hydroxyl groups excluding tert-OH is 1. The molecule has 0 aliphatic rings. The summed E-state index contributed by atoms with van der Waals surface area (Å²) in [5, 5.41) is 20.8. The minimum absolute atomic E-state index is 0.0944. The van der Waals surface area contributed by atoms with Gasteiger partial charge in [0, 0.05) is 6.07 Å². The zero-order chi connectivity index (χ0) is 18.4. The van der Waals surface area contributed by atoms with Gasteiger partial charge < -0.3 is 14.6 Å². The number of nitro groups is 1. The molecule has 0 saturated carbocycles. The SMILES string of the molecule is COC(=O)[C@H](O)[C@H](Sc1ccccc1[N+](=O)[O-])c1ccc(OC)cc1. The molecule has 2 aromatic rings. The van der Waals surface area contributed by atoms with Crippen LogP contribution in [0.2, 0.25) is 0 Å². The van der Waals surface area contributed by atoms with Gasteiger partial charge in [-0.3, -0.25) is 10.1 Å². The summed E-state index contributed by atoms with van der Waals surface area (Å²) in [5.41, 5.74) is 0.518. The van der Waals surface area contributed by atoms with E-state index in [9.17, 15) is 20.0 Å². The van der Waals surface area contributed by atoms with Gasteiger partial charge in [0.05, 0.1) is 29.3 Å². The van der Waals surface area contributed by atoms with E-state index in [1.54, 1.807) is 42.5 Å². The molecular weight excluding hydrogens is 346 g/mol. The molecule has 25 heavy (non-hydrogen) atoms. The smallest absolute Gasteiger partial charge is 0.336 e. The first-order valence-corrected chi connectivity index (χ1v) is 8.15.